The van der Waals surface area contributed by atoms with Crippen molar-refractivity contribution in [3.05, 3.63) is 24.2 Å². The molecule has 2 heterocycles. The Morgan fingerprint density at radius 1 is 1.26 bits per heavy atom. The molecule has 0 radical (unpaired) electrons. The van der Waals surface area contributed by atoms with Crippen molar-refractivity contribution in [3.63, 3.8) is 0 Å². The lowest BCUT2D eigenvalue weighted by Gasteiger charge is -2.33. The molecule has 2 N–H and O–H groups in total. The van der Waals surface area contributed by atoms with E-state index >= 15 is 0 Å². The third-order valence-corrected chi connectivity index (χ3v) is 4.56. The fraction of sp³-hybridized carbons (Fsp3) is 0.737. The number of aliphatic imine (C=N–C) groups is 1. The molecule has 0 aliphatic carbocycles. The van der Waals surface area contributed by atoms with Crippen molar-refractivity contribution in [1.82, 2.24) is 15.5 Å². The maximum absolute atomic E-state index is 5.38. The molecule has 7 nitrogen and oxygen atoms in total. The van der Waals surface area contributed by atoms with Gasteiger partial charge in [-0.15, -0.1) is 24.0 Å². The Morgan fingerprint density at radius 2 is 2.04 bits per heavy atom. The smallest absolute Gasteiger partial charge is 0.191 e. The van der Waals surface area contributed by atoms with Gasteiger partial charge in [0, 0.05) is 59.5 Å². The molecule has 2 rings (SSSR count). The van der Waals surface area contributed by atoms with E-state index in [0.29, 0.717) is 19.2 Å². The van der Waals surface area contributed by atoms with Crippen LogP contribution in [0.4, 0.5) is 0 Å². The molecule has 1 saturated heterocycles. The van der Waals surface area contributed by atoms with Crippen LogP contribution in [0.3, 0.4) is 0 Å². The molecule has 0 atom stereocenters. The highest BCUT2D eigenvalue weighted by Crippen LogP contribution is 2.10. The Kier molecular flexibility index (Phi) is 13.6. The number of rotatable bonds is 11. The lowest BCUT2D eigenvalue weighted by Crippen LogP contribution is -2.49. The molecule has 27 heavy (non-hydrogen) atoms. The fourth-order valence-corrected chi connectivity index (χ4v) is 3.09. The lowest BCUT2D eigenvalue weighted by atomic mass is 10.1. The van der Waals surface area contributed by atoms with Gasteiger partial charge in [0.05, 0.1) is 19.4 Å². The van der Waals surface area contributed by atoms with Crippen LogP contribution >= 0.6 is 24.0 Å². The van der Waals surface area contributed by atoms with Gasteiger partial charge in [0.15, 0.2) is 5.96 Å². The van der Waals surface area contributed by atoms with E-state index in [-0.39, 0.29) is 24.0 Å². The highest BCUT2D eigenvalue weighted by Gasteiger charge is 2.19. The predicted octanol–water partition coefficient (Wildman–Crippen LogP) is 2.12. The van der Waals surface area contributed by atoms with Gasteiger partial charge in [-0.05, 0) is 31.4 Å². The molecule has 1 fully saturated rings. The molecule has 1 aromatic heterocycles. The Morgan fingerprint density at radius 3 is 2.70 bits per heavy atom. The maximum Gasteiger partial charge on any atom is 0.191 e. The quantitative estimate of drug-likeness (QED) is 0.213. The molecule has 156 valence electrons. The fourth-order valence-electron chi connectivity index (χ4n) is 3.09. The van der Waals surface area contributed by atoms with Crippen molar-refractivity contribution in [2.75, 3.05) is 60.2 Å². The van der Waals surface area contributed by atoms with Gasteiger partial charge >= 0.3 is 0 Å². The van der Waals surface area contributed by atoms with Crippen LogP contribution in [-0.2, 0) is 15.9 Å². The van der Waals surface area contributed by atoms with Crippen molar-refractivity contribution < 1.29 is 13.9 Å². The average molecular weight is 494 g/mol. The number of hydrogen-bond donors (Lipinski definition) is 2. The zero-order valence-corrected chi connectivity index (χ0v) is 18.9. The van der Waals surface area contributed by atoms with Crippen LogP contribution in [-0.4, -0.2) is 77.1 Å². The molecule has 1 aliphatic rings. The molecule has 0 aromatic carbocycles. The second kappa shape index (κ2) is 15.1. The van der Waals surface area contributed by atoms with Gasteiger partial charge in [0.2, 0.25) is 0 Å². The molecule has 0 spiro atoms. The maximum atomic E-state index is 5.38. The Labute approximate surface area is 180 Å². The van der Waals surface area contributed by atoms with Crippen LogP contribution in [0.5, 0.6) is 0 Å². The summed E-state index contributed by atoms with van der Waals surface area (Å²) in [5.41, 5.74) is 0. The first-order valence-corrected chi connectivity index (χ1v) is 9.59. The standard InChI is InChI=1S/C19H34N4O3.HI/c1-24-14-4-11-23-12-7-17(8-13-23)22-19(21-10-16-25-2)20-9-6-18-5-3-15-26-18;/h3,5,15,17H,4,6-14,16H2,1-2H3,(H2,20,21,22);1H. The Hall–Kier alpha value is -0.840. The molecule has 0 saturated carbocycles. The van der Waals surface area contributed by atoms with Crippen molar-refractivity contribution in [3.8, 4) is 0 Å². The molecule has 1 aliphatic heterocycles. The number of likely N-dealkylation sites (tertiary alicyclic amines) is 1. The van der Waals surface area contributed by atoms with Crippen LogP contribution in [0.2, 0.25) is 0 Å². The van der Waals surface area contributed by atoms with Gasteiger partial charge in [-0.3, -0.25) is 4.99 Å². The van der Waals surface area contributed by atoms with Crippen molar-refractivity contribution in [1.29, 1.82) is 0 Å². The summed E-state index contributed by atoms with van der Waals surface area (Å²) < 4.78 is 15.6. The van der Waals surface area contributed by atoms with Crippen LogP contribution in [0.1, 0.15) is 25.0 Å². The van der Waals surface area contributed by atoms with E-state index in [0.717, 1.165) is 70.2 Å². The van der Waals surface area contributed by atoms with Crippen LogP contribution < -0.4 is 10.6 Å². The van der Waals surface area contributed by atoms with Gasteiger partial charge in [-0.25, -0.2) is 0 Å². The lowest BCUT2D eigenvalue weighted by molar-refractivity contribution is 0.155. The molecule has 0 amide bonds. The molecule has 8 heteroatoms. The monoisotopic (exact) mass is 494 g/mol. The second-order valence-electron chi connectivity index (χ2n) is 6.59. The number of piperidine rings is 1. The number of ether oxygens (including phenoxy) is 2. The highest BCUT2D eigenvalue weighted by atomic mass is 127. The predicted molar refractivity (Wildman–Crippen MR) is 119 cm³/mol. The molecular formula is C19H35IN4O3. The van der Waals surface area contributed by atoms with Crippen molar-refractivity contribution >= 4 is 29.9 Å². The van der Waals surface area contributed by atoms with Crippen LogP contribution in [0.15, 0.2) is 27.8 Å². The minimum atomic E-state index is 0. The first kappa shape index (κ1) is 24.2. The zero-order valence-electron chi connectivity index (χ0n) is 16.6. The number of nitrogens with zero attached hydrogens (tertiary/aromatic N) is 2. The Balaban J connectivity index is 0.00000364. The number of furan rings is 1. The third-order valence-electron chi connectivity index (χ3n) is 4.56. The van der Waals surface area contributed by atoms with Gasteiger partial charge in [0.1, 0.15) is 5.76 Å². The SMILES string of the molecule is COCCCN1CCC(NC(=NCCOC)NCCc2ccco2)CC1.I. The third kappa shape index (κ3) is 10.3. The van der Waals surface area contributed by atoms with E-state index in [2.05, 4.69) is 20.5 Å². The second-order valence-corrected chi connectivity index (χ2v) is 6.59. The highest BCUT2D eigenvalue weighted by molar-refractivity contribution is 14.0. The minimum absolute atomic E-state index is 0. The van der Waals surface area contributed by atoms with E-state index in [1.807, 2.05) is 12.1 Å². The normalized spacial score (nSPS) is 16.1. The van der Waals surface area contributed by atoms with Crippen LogP contribution in [0.25, 0.3) is 0 Å². The van der Waals surface area contributed by atoms with Gasteiger partial charge in [-0.2, -0.15) is 0 Å². The summed E-state index contributed by atoms with van der Waals surface area (Å²) in [7, 11) is 3.46. The number of guanidine groups is 1. The zero-order chi connectivity index (χ0) is 18.5. The summed E-state index contributed by atoms with van der Waals surface area (Å²) >= 11 is 0. The topological polar surface area (TPSA) is 71.3 Å². The van der Waals surface area contributed by atoms with Gasteiger partial charge in [0.25, 0.3) is 0 Å². The number of hydrogen-bond acceptors (Lipinski definition) is 5. The van der Waals surface area contributed by atoms with Gasteiger partial charge < -0.3 is 29.4 Å². The minimum Gasteiger partial charge on any atom is -0.469 e. The van der Waals surface area contributed by atoms with E-state index in [1.165, 1.54) is 0 Å². The summed E-state index contributed by atoms with van der Waals surface area (Å²) in [6, 6.07) is 4.38. The van der Waals surface area contributed by atoms with Gasteiger partial charge in [-0.1, -0.05) is 0 Å². The molecule has 0 unspecified atom stereocenters. The van der Waals surface area contributed by atoms with E-state index in [9.17, 15) is 0 Å². The number of halogens is 1. The van der Waals surface area contributed by atoms with Crippen molar-refractivity contribution in [2.24, 2.45) is 4.99 Å². The molecule has 1 aromatic rings. The summed E-state index contributed by atoms with van der Waals surface area (Å²) in [5.74, 6) is 1.85. The van der Waals surface area contributed by atoms with Crippen LogP contribution in [0, 0.1) is 0 Å². The summed E-state index contributed by atoms with van der Waals surface area (Å²) in [5, 5.41) is 6.99. The van der Waals surface area contributed by atoms with Crippen molar-refractivity contribution in [2.45, 2.75) is 31.7 Å². The summed E-state index contributed by atoms with van der Waals surface area (Å²) in [4.78, 5) is 7.13. The summed E-state index contributed by atoms with van der Waals surface area (Å²) in [6.07, 6.45) is 5.93. The number of nitrogens with one attached hydrogen (secondary N) is 2. The first-order chi connectivity index (χ1) is 12.8. The summed E-state index contributed by atoms with van der Waals surface area (Å²) in [6.45, 7) is 6.29. The average Bonchev–Trinajstić information content (AvgIpc) is 3.17. The first-order valence-electron chi connectivity index (χ1n) is 9.59. The number of methoxy groups -OCH3 is 2. The Bertz CT molecular complexity index is 491. The van der Waals surface area contributed by atoms with E-state index in [1.54, 1.807) is 20.5 Å². The molecular weight excluding hydrogens is 459 g/mol. The van der Waals surface area contributed by atoms with E-state index in [4.69, 9.17) is 13.9 Å². The largest absolute Gasteiger partial charge is 0.469 e. The molecule has 0 bridgehead atoms. The van der Waals surface area contributed by atoms with E-state index < -0.39 is 0 Å².